The summed E-state index contributed by atoms with van der Waals surface area (Å²) in [6.07, 6.45) is 12.2. The van der Waals surface area contributed by atoms with Gasteiger partial charge in [0.2, 0.25) is 0 Å². The lowest BCUT2D eigenvalue weighted by Crippen LogP contribution is -2.32. The smallest absolute Gasteiger partial charge is 0.335 e. The molecule has 0 aliphatic carbocycles. The van der Waals surface area contributed by atoms with Gasteiger partial charge in [-0.15, -0.1) is 5.06 Å². The maximum absolute atomic E-state index is 12.7. The second kappa shape index (κ2) is 33.9. The minimum Gasteiger partial charge on any atom is -0.383 e. The molecule has 0 spiro atoms. The first-order chi connectivity index (χ1) is 43.4. The van der Waals surface area contributed by atoms with Gasteiger partial charge in [-0.25, -0.2) is 9.00 Å². The van der Waals surface area contributed by atoms with E-state index in [1.165, 1.54) is 25.3 Å². The third-order valence-electron chi connectivity index (χ3n) is 14.8. The van der Waals surface area contributed by atoms with Crippen molar-refractivity contribution < 1.29 is 113 Å². The molecule has 6 rings (SSSR count). The highest BCUT2D eigenvalue weighted by atomic mass is 32.2. The Morgan fingerprint density at radius 2 is 1.20 bits per heavy atom. The third kappa shape index (κ3) is 21.3. The summed E-state index contributed by atoms with van der Waals surface area (Å²) in [5.74, 6) is -2.48. The number of imide groups is 1. The van der Waals surface area contributed by atoms with Gasteiger partial charge in [0.15, 0.2) is 11.1 Å². The van der Waals surface area contributed by atoms with Crippen LogP contribution in [0.3, 0.4) is 0 Å². The van der Waals surface area contributed by atoms with Gasteiger partial charge in [-0.05, 0) is 89.1 Å². The zero-order valence-electron chi connectivity index (χ0n) is 51.1. The minimum absolute atomic E-state index is 0.00640. The molecular weight excluding hydrogens is 1310 g/mol. The van der Waals surface area contributed by atoms with E-state index in [1.54, 1.807) is 61.6 Å². The second-order valence-electron chi connectivity index (χ2n) is 21.7. The van der Waals surface area contributed by atoms with Crippen LogP contribution in [0.15, 0.2) is 116 Å². The van der Waals surface area contributed by atoms with Gasteiger partial charge in [-0.3, -0.25) is 27.8 Å². The highest BCUT2D eigenvalue weighted by Crippen LogP contribution is 2.52. The molecule has 2 aliphatic rings. The molecule has 0 saturated carbocycles. The molecule has 1 fully saturated rings. The van der Waals surface area contributed by atoms with E-state index in [2.05, 4.69) is 5.32 Å². The molecule has 508 valence electrons. The normalized spacial score (nSPS) is 16.3. The topological polar surface area (TPSA) is 398 Å². The first-order valence-electron chi connectivity index (χ1n) is 28.8. The highest BCUT2D eigenvalue weighted by Gasteiger charge is 2.42. The molecule has 4 aromatic rings. The Morgan fingerprint density at radius 1 is 0.663 bits per heavy atom. The van der Waals surface area contributed by atoms with Gasteiger partial charge < -0.3 is 52.8 Å². The van der Waals surface area contributed by atoms with Gasteiger partial charge in [-0.1, -0.05) is 69.4 Å². The van der Waals surface area contributed by atoms with Crippen molar-refractivity contribution in [2.24, 2.45) is 0 Å². The lowest BCUT2D eigenvalue weighted by molar-refractivity contribution is -0.198. The van der Waals surface area contributed by atoms with Gasteiger partial charge in [0.05, 0.1) is 113 Å². The summed E-state index contributed by atoms with van der Waals surface area (Å²) in [6.45, 7) is 8.97. The third-order valence-corrected chi connectivity index (χ3v) is 18.8. The van der Waals surface area contributed by atoms with Crippen LogP contribution in [0.4, 0.5) is 11.4 Å². The highest BCUT2D eigenvalue weighted by molar-refractivity contribution is 7.87. The standard InChI is InChI=1S/C59H77N3O25S5/c1-58(2)52(12-9-7-5-6-8-10-20-59(3,21-11-37-89(68,69)70)56-46-38-42(90(71,72)73)40-50(88(66)67)44(46)13-15-48(56)60-22-25-80-4)61(49-16-14-45-47(57(49)58)39-43(91(74,75)76)41-51(45)92(77,78)79)23-26-82-28-30-84-32-34-86-36-35-85-33-31-83-29-27-81-24-19-55(65)87-62-53(63)17-18-54(62)64/h5-10,12-16,38-41,60H,11,17-37H2,1-4H3,(H,66,67)(H,68,69,70)(H,71,72,73)(H,74,75,76)(H,77,78,79)/b6-5+,9-7+,10-8+,52-12+. The average molecular weight is 1390 g/mol. The van der Waals surface area contributed by atoms with E-state index in [-0.39, 0.29) is 144 Å². The largest absolute Gasteiger partial charge is 0.383 e. The number of hydrogen-bond donors (Lipinski definition) is 6. The molecule has 2 amide bonds. The van der Waals surface area contributed by atoms with Gasteiger partial charge in [0.25, 0.3) is 52.3 Å². The lowest BCUT2D eigenvalue weighted by atomic mass is 9.73. The fraction of sp³-hybridized carbons (Fsp3) is 0.475. The predicted molar refractivity (Wildman–Crippen MR) is 337 cm³/mol. The fourth-order valence-electron chi connectivity index (χ4n) is 10.5. The van der Waals surface area contributed by atoms with E-state index >= 15 is 0 Å². The molecule has 0 aromatic heterocycles. The van der Waals surface area contributed by atoms with Crippen molar-refractivity contribution in [2.75, 3.05) is 122 Å². The van der Waals surface area contributed by atoms with Gasteiger partial charge in [-0.2, -0.15) is 33.7 Å². The lowest BCUT2D eigenvalue weighted by Gasteiger charge is -2.33. The maximum Gasteiger partial charge on any atom is 0.335 e. The van der Waals surface area contributed by atoms with Crippen LogP contribution in [-0.2, 0) is 115 Å². The van der Waals surface area contributed by atoms with Crippen molar-refractivity contribution in [3.8, 4) is 0 Å². The number of amides is 2. The first kappa shape index (κ1) is 75.1. The summed E-state index contributed by atoms with van der Waals surface area (Å²) < 4.78 is 201. The van der Waals surface area contributed by atoms with Gasteiger partial charge in [0.1, 0.15) is 4.90 Å². The molecule has 2 heterocycles. The van der Waals surface area contributed by atoms with Gasteiger partial charge in [0, 0.05) is 66.3 Å². The molecular formula is C59H77N3O25S5. The molecule has 2 aliphatic heterocycles. The summed E-state index contributed by atoms with van der Waals surface area (Å²) in [4.78, 5) is 39.2. The van der Waals surface area contributed by atoms with Crippen LogP contribution in [0.5, 0.6) is 0 Å². The zero-order chi connectivity index (χ0) is 67.5. The predicted octanol–water partition coefficient (Wildman–Crippen LogP) is 6.14. The summed E-state index contributed by atoms with van der Waals surface area (Å²) in [6, 6.07) is 10.2. The number of nitrogens with one attached hydrogen (secondary N) is 1. The maximum atomic E-state index is 12.7. The van der Waals surface area contributed by atoms with E-state index in [9.17, 15) is 75.0 Å². The van der Waals surface area contributed by atoms with Crippen LogP contribution in [0.25, 0.3) is 21.5 Å². The fourth-order valence-corrected chi connectivity index (χ4v) is 13.6. The Bertz CT molecular complexity index is 3890. The average Bonchev–Trinajstić information content (AvgIpc) is 1.48. The van der Waals surface area contributed by atoms with Crippen molar-refractivity contribution in [1.82, 2.24) is 5.06 Å². The molecule has 2 atom stereocenters. The number of rotatable bonds is 40. The number of allylic oxidation sites excluding steroid dienone is 8. The number of fused-ring (bicyclic) bond motifs is 4. The molecule has 0 radical (unpaired) electrons. The number of nitrogens with zero attached hydrogens (tertiary/aromatic N) is 2. The number of ether oxygens (including phenoxy) is 7. The Hall–Kier alpha value is -5.96. The van der Waals surface area contributed by atoms with E-state index in [0.29, 0.717) is 59.1 Å². The summed E-state index contributed by atoms with van der Waals surface area (Å²) in [5, 5.41) is 4.26. The Labute approximate surface area is 537 Å². The van der Waals surface area contributed by atoms with Gasteiger partial charge >= 0.3 is 5.97 Å². The Morgan fingerprint density at radius 3 is 1.75 bits per heavy atom. The molecule has 4 aromatic carbocycles. The zero-order valence-corrected chi connectivity index (χ0v) is 55.1. The van der Waals surface area contributed by atoms with Crippen LogP contribution in [0, 0.1) is 0 Å². The van der Waals surface area contributed by atoms with E-state index in [1.807, 2.05) is 18.7 Å². The van der Waals surface area contributed by atoms with Crippen LogP contribution in [0.2, 0.25) is 0 Å². The molecule has 33 heteroatoms. The number of methoxy groups -OCH3 is 1. The van der Waals surface area contributed by atoms with Crippen molar-refractivity contribution >= 4 is 102 Å². The molecule has 2 unspecified atom stereocenters. The number of hydroxylamine groups is 2. The van der Waals surface area contributed by atoms with E-state index in [4.69, 9.17) is 38.0 Å². The monoisotopic (exact) mass is 1390 g/mol. The Balaban J connectivity index is 1.09. The van der Waals surface area contributed by atoms with E-state index < -0.39 is 101 Å². The number of carbonyl (C=O) groups excluding carboxylic acids is 3. The van der Waals surface area contributed by atoms with Crippen molar-refractivity contribution in [2.45, 2.75) is 89.7 Å². The molecule has 0 bridgehead atoms. The number of carbonyl (C=O) groups is 3. The second-order valence-corrected chi connectivity index (χ2v) is 28.5. The first-order valence-corrected chi connectivity index (χ1v) is 35.9. The summed E-state index contributed by atoms with van der Waals surface area (Å²) in [5.41, 5.74) is 0.527. The number of benzene rings is 4. The molecule has 6 N–H and O–H groups in total. The van der Waals surface area contributed by atoms with Crippen LogP contribution >= 0.6 is 0 Å². The van der Waals surface area contributed by atoms with Crippen LogP contribution in [-0.4, -0.2) is 195 Å². The molecule has 92 heavy (non-hydrogen) atoms. The summed E-state index contributed by atoms with van der Waals surface area (Å²) >= 11 is -2.72. The quantitative estimate of drug-likeness (QED) is 0.00958. The molecule has 28 nitrogen and oxygen atoms in total. The van der Waals surface area contributed by atoms with Crippen molar-refractivity contribution in [3.05, 3.63) is 108 Å². The van der Waals surface area contributed by atoms with Crippen LogP contribution in [0.1, 0.15) is 70.4 Å². The van der Waals surface area contributed by atoms with E-state index in [0.717, 1.165) is 12.1 Å². The molecule has 1 saturated heterocycles. The SMILES string of the molecule is COCCNc1ccc2c(S(=O)O)cc(S(=O)(=O)O)cc2c1C(C)(C/C=C/C=C/C=C/C=C1/N(CCOCCOCCOCCOCCOCCOCCC(=O)ON2C(=O)CCC2=O)c2ccc3c(S(=O)(=O)O)cc(S(=O)(=O)O)cc3c2C1(C)C)CCCS(=O)(=O)O. The minimum atomic E-state index is -5.01. The number of anilines is 2. The number of hydrogen-bond acceptors (Lipinski definition) is 22. The van der Waals surface area contributed by atoms with Crippen molar-refractivity contribution in [3.63, 3.8) is 0 Å². The van der Waals surface area contributed by atoms with Crippen molar-refractivity contribution in [1.29, 1.82) is 0 Å². The van der Waals surface area contributed by atoms with Crippen LogP contribution < -0.4 is 10.2 Å². The Kier molecular flexibility index (Phi) is 27.7. The summed E-state index contributed by atoms with van der Waals surface area (Å²) in [7, 11) is -17.8.